The molecular formula is C13H23BNO3. The van der Waals surface area contributed by atoms with Crippen LogP contribution in [0.2, 0.25) is 0 Å². The average Bonchev–Trinajstić information content (AvgIpc) is 2.86. The van der Waals surface area contributed by atoms with Crippen molar-refractivity contribution in [1.82, 2.24) is 5.32 Å². The van der Waals surface area contributed by atoms with Crippen molar-refractivity contribution in [3.63, 3.8) is 0 Å². The molecule has 2 aliphatic heterocycles. The van der Waals surface area contributed by atoms with E-state index in [4.69, 9.17) is 9.39 Å². The average molecular weight is 252 g/mol. The Kier molecular flexibility index (Phi) is 3.62. The van der Waals surface area contributed by atoms with Crippen molar-refractivity contribution in [3.8, 4) is 0 Å². The Hall–Kier alpha value is -0.355. The molecule has 0 aliphatic carbocycles. The first kappa shape index (κ1) is 14.1. The van der Waals surface area contributed by atoms with Crippen LogP contribution in [0.3, 0.4) is 0 Å². The largest absolute Gasteiger partial charge is 0.427 e. The second-order valence-electron chi connectivity index (χ2n) is 6.23. The van der Waals surface area contributed by atoms with Gasteiger partial charge in [0.25, 0.3) is 0 Å². The smallest absolute Gasteiger partial charge is 0.328 e. The number of hydrogen-bond donors (Lipinski definition) is 2. The third-order valence-corrected chi connectivity index (χ3v) is 4.29. The summed E-state index contributed by atoms with van der Waals surface area (Å²) in [6, 6.07) is 0. The fraction of sp³-hybridized carbons (Fsp3) is 0.846. The summed E-state index contributed by atoms with van der Waals surface area (Å²) in [5.74, 6) is 0. The van der Waals surface area contributed by atoms with Gasteiger partial charge in [-0.25, -0.2) is 0 Å². The lowest BCUT2D eigenvalue weighted by Crippen LogP contribution is -2.50. The van der Waals surface area contributed by atoms with Crippen molar-refractivity contribution in [2.24, 2.45) is 0 Å². The first-order valence-corrected chi connectivity index (χ1v) is 6.54. The van der Waals surface area contributed by atoms with Crippen LogP contribution in [0.25, 0.3) is 0 Å². The van der Waals surface area contributed by atoms with Crippen LogP contribution in [-0.4, -0.2) is 49.1 Å². The van der Waals surface area contributed by atoms with Crippen LogP contribution in [-0.2, 0) is 9.39 Å². The van der Waals surface area contributed by atoms with Crippen LogP contribution < -0.4 is 5.32 Å². The number of ether oxygens (including phenoxy) is 1. The van der Waals surface area contributed by atoms with Crippen LogP contribution >= 0.6 is 0 Å². The van der Waals surface area contributed by atoms with Gasteiger partial charge in [-0.3, -0.25) is 0 Å². The molecule has 0 aromatic heterocycles. The number of hydrogen-bond acceptors (Lipinski definition) is 4. The molecule has 0 aromatic carbocycles. The molecule has 2 rings (SSSR count). The Bertz CT molecular complexity index is 341. The molecule has 2 N–H and O–H groups in total. The first-order chi connectivity index (χ1) is 8.27. The van der Waals surface area contributed by atoms with Crippen LogP contribution in [0.1, 0.15) is 34.1 Å². The maximum Gasteiger partial charge on any atom is 0.328 e. The first-order valence-electron chi connectivity index (χ1n) is 6.54. The van der Waals surface area contributed by atoms with E-state index in [-0.39, 0.29) is 5.54 Å². The number of rotatable bonds is 4. The lowest BCUT2D eigenvalue weighted by atomic mass is 9.72. The predicted molar refractivity (Wildman–Crippen MR) is 71.5 cm³/mol. The van der Waals surface area contributed by atoms with Gasteiger partial charge in [-0.1, -0.05) is 11.5 Å². The number of aliphatic hydroxyl groups is 1. The Morgan fingerprint density at radius 1 is 1.44 bits per heavy atom. The highest BCUT2D eigenvalue weighted by Crippen LogP contribution is 2.32. The van der Waals surface area contributed by atoms with Crippen molar-refractivity contribution < 1.29 is 14.5 Å². The van der Waals surface area contributed by atoms with Gasteiger partial charge in [0.15, 0.2) is 0 Å². The summed E-state index contributed by atoms with van der Waals surface area (Å²) in [6.07, 6.45) is 3.11. The molecular weight excluding hydrogens is 229 g/mol. The van der Waals surface area contributed by atoms with Gasteiger partial charge >= 0.3 is 7.48 Å². The van der Waals surface area contributed by atoms with Gasteiger partial charge in [0, 0.05) is 13.2 Å². The van der Waals surface area contributed by atoms with E-state index >= 15 is 0 Å². The molecule has 1 radical (unpaired) electrons. The molecule has 5 heteroatoms. The molecule has 0 bridgehead atoms. The van der Waals surface area contributed by atoms with E-state index in [9.17, 15) is 5.11 Å². The van der Waals surface area contributed by atoms with Gasteiger partial charge in [0.05, 0.1) is 23.3 Å². The van der Waals surface area contributed by atoms with Crippen molar-refractivity contribution >= 4 is 7.48 Å². The molecule has 1 spiro atoms. The zero-order chi connectivity index (χ0) is 13.4. The Morgan fingerprint density at radius 3 is 2.72 bits per heavy atom. The summed E-state index contributed by atoms with van der Waals surface area (Å²) in [6.45, 7) is 9.64. The van der Waals surface area contributed by atoms with Gasteiger partial charge in [-0.15, -0.1) is 0 Å². The minimum Gasteiger partial charge on any atom is -0.427 e. The van der Waals surface area contributed by atoms with E-state index in [1.54, 1.807) is 21.3 Å². The Morgan fingerprint density at radius 2 is 2.17 bits per heavy atom. The standard InChI is InChI=1S/C13H23BNO3/c1-11(2,16)12(3,4)18-14-10-5-7-15-13(10)6-8-17-9-13/h5,15-16H,6-9H2,1-4H3. The Balaban J connectivity index is 1.98. The van der Waals surface area contributed by atoms with E-state index in [0.29, 0.717) is 6.61 Å². The molecule has 1 fully saturated rings. The molecule has 4 nitrogen and oxygen atoms in total. The molecule has 0 saturated carbocycles. The molecule has 1 unspecified atom stereocenters. The van der Waals surface area contributed by atoms with Crippen LogP contribution in [0, 0.1) is 0 Å². The predicted octanol–water partition coefficient (Wildman–Crippen LogP) is 0.818. The highest BCUT2D eigenvalue weighted by molar-refractivity contribution is 6.39. The molecule has 2 heterocycles. The van der Waals surface area contributed by atoms with Gasteiger partial charge in [-0.2, -0.15) is 0 Å². The summed E-state index contributed by atoms with van der Waals surface area (Å²) < 4.78 is 11.3. The molecule has 1 saturated heterocycles. The van der Waals surface area contributed by atoms with Gasteiger partial charge < -0.3 is 19.8 Å². The minimum atomic E-state index is -0.893. The monoisotopic (exact) mass is 252 g/mol. The minimum absolute atomic E-state index is 0.0737. The van der Waals surface area contributed by atoms with Gasteiger partial charge in [-0.05, 0) is 34.1 Å². The summed E-state index contributed by atoms with van der Waals surface area (Å²) >= 11 is 0. The van der Waals surface area contributed by atoms with Crippen LogP contribution in [0.5, 0.6) is 0 Å². The lowest BCUT2D eigenvalue weighted by molar-refractivity contribution is -0.0899. The van der Waals surface area contributed by atoms with Gasteiger partial charge in [0.2, 0.25) is 0 Å². The zero-order valence-electron chi connectivity index (χ0n) is 11.7. The maximum absolute atomic E-state index is 10.1. The van der Waals surface area contributed by atoms with Gasteiger partial charge in [0.1, 0.15) is 0 Å². The van der Waals surface area contributed by atoms with Crippen molar-refractivity contribution in [2.75, 3.05) is 19.8 Å². The molecule has 2 aliphatic rings. The summed E-state index contributed by atoms with van der Waals surface area (Å²) in [5, 5.41) is 13.5. The van der Waals surface area contributed by atoms with Crippen LogP contribution in [0.4, 0.5) is 0 Å². The fourth-order valence-electron chi connectivity index (χ4n) is 2.10. The fourth-order valence-corrected chi connectivity index (χ4v) is 2.10. The summed E-state index contributed by atoms with van der Waals surface area (Å²) in [7, 11) is 1.78. The molecule has 101 valence electrons. The highest BCUT2D eigenvalue weighted by Gasteiger charge is 2.43. The molecule has 0 amide bonds. The maximum atomic E-state index is 10.1. The zero-order valence-corrected chi connectivity index (χ0v) is 11.7. The lowest BCUT2D eigenvalue weighted by Gasteiger charge is -2.38. The van der Waals surface area contributed by atoms with E-state index in [1.807, 2.05) is 13.8 Å². The number of nitrogens with one attached hydrogen (secondary N) is 1. The van der Waals surface area contributed by atoms with E-state index in [0.717, 1.165) is 25.0 Å². The van der Waals surface area contributed by atoms with Crippen molar-refractivity contribution in [3.05, 3.63) is 11.5 Å². The van der Waals surface area contributed by atoms with E-state index in [2.05, 4.69) is 11.4 Å². The van der Waals surface area contributed by atoms with Crippen molar-refractivity contribution in [1.29, 1.82) is 0 Å². The van der Waals surface area contributed by atoms with E-state index in [1.165, 1.54) is 0 Å². The third-order valence-electron chi connectivity index (χ3n) is 4.29. The summed E-state index contributed by atoms with van der Waals surface area (Å²) in [4.78, 5) is 0. The normalized spacial score (nSPS) is 28.8. The second-order valence-corrected chi connectivity index (χ2v) is 6.23. The van der Waals surface area contributed by atoms with Crippen LogP contribution in [0.15, 0.2) is 11.5 Å². The topological polar surface area (TPSA) is 50.7 Å². The quantitative estimate of drug-likeness (QED) is 0.727. The van der Waals surface area contributed by atoms with E-state index < -0.39 is 11.2 Å². The Labute approximate surface area is 110 Å². The SMILES string of the molecule is CC(C)(O)C(C)(C)O[B]C1=CCNC12CCOC2. The third kappa shape index (κ3) is 2.50. The molecule has 1 atom stereocenters. The molecule has 18 heavy (non-hydrogen) atoms. The molecule has 0 aromatic rings. The highest BCUT2D eigenvalue weighted by atomic mass is 16.5. The second kappa shape index (κ2) is 4.64. The summed E-state index contributed by atoms with van der Waals surface area (Å²) in [5.41, 5.74) is -0.459. The van der Waals surface area contributed by atoms with Crippen molar-refractivity contribution in [2.45, 2.75) is 50.9 Å².